The minimum Gasteiger partial charge on any atom is -0.508 e. The van der Waals surface area contributed by atoms with E-state index in [4.69, 9.17) is 9.26 Å². The van der Waals surface area contributed by atoms with Crippen molar-refractivity contribution in [3.63, 3.8) is 0 Å². The molecule has 0 amide bonds. The molecule has 0 aliphatic rings. The van der Waals surface area contributed by atoms with Crippen molar-refractivity contribution in [2.24, 2.45) is 0 Å². The predicted octanol–water partition coefficient (Wildman–Crippen LogP) is 6.38. The van der Waals surface area contributed by atoms with Crippen molar-refractivity contribution in [1.29, 1.82) is 0 Å². The molecule has 7 heteroatoms. The molecule has 0 aliphatic heterocycles. The largest absolute Gasteiger partial charge is 0.508 e. The summed E-state index contributed by atoms with van der Waals surface area (Å²) in [7, 11) is 0. The lowest BCUT2D eigenvalue weighted by atomic mass is 9.95. The fraction of sp³-hybridized carbons (Fsp3) is 0.125. The highest BCUT2D eigenvalue weighted by Crippen LogP contribution is 2.35. The third-order valence-electron chi connectivity index (χ3n) is 6.43. The first-order chi connectivity index (χ1) is 19.0. The number of aromatic hydroxyl groups is 2. The Labute approximate surface area is 226 Å². The number of aromatic nitrogens is 1. The standard InChI is InChI=1S/C32H28N2O5/c1-21(22-5-3-2-4-6-22)33-19-20-38-28-17-11-24(12-18-28)31(37)29-30(23-7-13-26(35)14-8-23)34-39-32(29)25-9-15-27(36)16-10-25/h2-18,21,33,35-36H,19-20H2,1H3. The Hall–Kier alpha value is -4.88. The molecule has 1 aromatic heterocycles. The van der Waals surface area contributed by atoms with Crippen LogP contribution in [0.3, 0.4) is 0 Å². The van der Waals surface area contributed by atoms with Gasteiger partial charge in [0, 0.05) is 29.3 Å². The first-order valence-corrected chi connectivity index (χ1v) is 12.6. The zero-order valence-corrected chi connectivity index (χ0v) is 21.4. The highest BCUT2D eigenvalue weighted by Gasteiger charge is 2.26. The lowest BCUT2D eigenvalue weighted by Gasteiger charge is -2.14. The predicted molar refractivity (Wildman–Crippen MR) is 149 cm³/mol. The van der Waals surface area contributed by atoms with E-state index in [0.717, 1.165) is 0 Å². The zero-order valence-electron chi connectivity index (χ0n) is 21.4. The number of hydrogen-bond donors (Lipinski definition) is 3. The minimum absolute atomic E-state index is 0.102. The lowest BCUT2D eigenvalue weighted by molar-refractivity contribution is 0.103. The molecule has 7 nitrogen and oxygen atoms in total. The quantitative estimate of drug-likeness (QED) is 0.145. The van der Waals surface area contributed by atoms with E-state index in [1.165, 1.54) is 29.8 Å². The number of rotatable bonds is 10. The number of hydrogen-bond acceptors (Lipinski definition) is 7. The van der Waals surface area contributed by atoms with E-state index in [0.29, 0.717) is 52.6 Å². The van der Waals surface area contributed by atoms with Crippen molar-refractivity contribution in [3.8, 4) is 39.8 Å². The Morgan fingerprint density at radius 1 is 0.846 bits per heavy atom. The van der Waals surface area contributed by atoms with Gasteiger partial charge in [0.2, 0.25) is 0 Å². The molecule has 3 N–H and O–H groups in total. The van der Waals surface area contributed by atoms with Crippen LogP contribution in [0.5, 0.6) is 17.2 Å². The summed E-state index contributed by atoms with van der Waals surface area (Å²) in [6, 6.07) is 30.2. The third kappa shape index (κ3) is 6.00. The van der Waals surface area contributed by atoms with Gasteiger partial charge in [0.05, 0.1) is 5.56 Å². The van der Waals surface area contributed by atoms with E-state index >= 15 is 0 Å². The van der Waals surface area contributed by atoms with Gasteiger partial charge in [-0.25, -0.2) is 0 Å². The van der Waals surface area contributed by atoms with Crippen LogP contribution in [0, 0.1) is 0 Å². The van der Waals surface area contributed by atoms with Crippen molar-refractivity contribution >= 4 is 5.78 Å². The molecular formula is C32H28N2O5. The molecule has 1 atom stereocenters. The molecule has 1 unspecified atom stereocenters. The number of benzene rings is 4. The summed E-state index contributed by atoms with van der Waals surface area (Å²) < 4.78 is 11.5. The maximum atomic E-state index is 13.8. The van der Waals surface area contributed by atoms with Crippen LogP contribution < -0.4 is 10.1 Å². The number of carbonyl (C=O) groups is 1. The first kappa shape index (κ1) is 25.8. The number of carbonyl (C=O) groups excluding carboxylic acids is 1. The molecule has 0 radical (unpaired) electrons. The summed E-state index contributed by atoms with van der Waals surface area (Å²) in [5.74, 6) is 0.886. The van der Waals surface area contributed by atoms with Crippen LogP contribution in [0.15, 0.2) is 108 Å². The van der Waals surface area contributed by atoms with E-state index in [9.17, 15) is 15.0 Å². The van der Waals surface area contributed by atoms with E-state index in [1.807, 2.05) is 18.2 Å². The van der Waals surface area contributed by atoms with Crippen LogP contribution in [0.1, 0.15) is 34.5 Å². The molecule has 0 aliphatic carbocycles. The minimum atomic E-state index is -0.271. The second-order valence-corrected chi connectivity index (χ2v) is 9.12. The van der Waals surface area contributed by atoms with Gasteiger partial charge in [0.25, 0.3) is 0 Å². The number of phenolic OH excluding ortho intramolecular Hbond substituents is 2. The second-order valence-electron chi connectivity index (χ2n) is 9.12. The number of nitrogens with zero attached hydrogens (tertiary/aromatic N) is 1. The molecule has 5 rings (SSSR count). The molecule has 0 saturated carbocycles. The molecule has 0 spiro atoms. The Bertz CT molecular complexity index is 1460. The summed E-state index contributed by atoms with van der Waals surface area (Å²) in [4.78, 5) is 13.8. The average Bonchev–Trinajstić information content (AvgIpc) is 3.41. The summed E-state index contributed by atoms with van der Waals surface area (Å²) in [5, 5.41) is 27.0. The summed E-state index contributed by atoms with van der Waals surface area (Å²) in [6.07, 6.45) is 0. The van der Waals surface area contributed by atoms with Crippen molar-refractivity contribution in [1.82, 2.24) is 10.5 Å². The Morgan fingerprint density at radius 2 is 1.46 bits per heavy atom. The monoisotopic (exact) mass is 520 g/mol. The van der Waals surface area contributed by atoms with Gasteiger partial charge in [-0.2, -0.15) is 0 Å². The normalized spacial score (nSPS) is 11.7. The molecule has 0 fully saturated rings. The van der Waals surface area contributed by atoms with Crippen LogP contribution >= 0.6 is 0 Å². The molecule has 1 heterocycles. The number of nitrogens with one attached hydrogen (secondary N) is 1. The van der Waals surface area contributed by atoms with E-state index in [2.05, 4.69) is 29.5 Å². The Morgan fingerprint density at radius 3 is 2.10 bits per heavy atom. The molecule has 5 aromatic rings. The van der Waals surface area contributed by atoms with Crippen LogP contribution in [0.2, 0.25) is 0 Å². The fourth-order valence-electron chi connectivity index (χ4n) is 4.28. The van der Waals surface area contributed by atoms with Crippen LogP contribution in [-0.2, 0) is 0 Å². The first-order valence-electron chi connectivity index (χ1n) is 12.6. The van der Waals surface area contributed by atoms with Gasteiger partial charge in [-0.1, -0.05) is 35.5 Å². The zero-order chi connectivity index (χ0) is 27.2. The van der Waals surface area contributed by atoms with Crippen LogP contribution in [0.25, 0.3) is 22.6 Å². The third-order valence-corrected chi connectivity index (χ3v) is 6.43. The van der Waals surface area contributed by atoms with Crippen molar-refractivity contribution in [2.45, 2.75) is 13.0 Å². The summed E-state index contributed by atoms with van der Waals surface area (Å²) >= 11 is 0. The van der Waals surface area contributed by atoms with E-state index in [1.54, 1.807) is 48.5 Å². The molecule has 0 bridgehead atoms. The number of ketones is 1. The lowest BCUT2D eigenvalue weighted by Crippen LogP contribution is -2.24. The SMILES string of the molecule is CC(NCCOc1ccc(C(=O)c2c(-c3ccc(O)cc3)noc2-c2ccc(O)cc2)cc1)c1ccccc1. The van der Waals surface area contributed by atoms with Gasteiger partial charge in [-0.05, 0) is 85.3 Å². The van der Waals surface area contributed by atoms with Gasteiger partial charge in [-0.3, -0.25) is 4.79 Å². The molecule has 39 heavy (non-hydrogen) atoms. The highest BCUT2D eigenvalue weighted by atomic mass is 16.5. The van der Waals surface area contributed by atoms with Crippen LogP contribution in [0.4, 0.5) is 0 Å². The number of ether oxygens (including phenoxy) is 1. The van der Waals surface area contributed by atoms with Gasteiger partial charge >= 0.3 is 0 Å². The van der Waals surface area contributed by atoms with Crippen molar-refractivity contribution in [2.75, 3.05) is 13.2 Å². The van der Waals surface area contributed by atoms with E-state index < -0.39 is 0 Å². The molecule has 196 valence electrons. The number of phenols is 2. The van der Waals surface area contributed by atoms with Gasteiger partial charge < -0.3 is 24.8 Å². The Kier molecular flexibility index (Phi) is 7.70. The van der Waals surface area contributed by atoms with E-state index in [-0.39, 0.29) is 23.3 Å². The van der Waals surface area contributed by atoms with Gasteiger partial charge in [-0.15, -0.1) is 0 Å². The van der Waals surface area contributed by atoms with Crippen molar-refractivity contribution in [3.05, 3.63) is 120 Å². The maximum absolute atomic E-state index is 13.8. The maximum Gasteiger partial charge on any atom is 0.199 e. The highest BCUT2D eigenvalue weighted by molar-refractivity contribution is 6.15. The summed E-state index contributed by atoms with van der Waals surface area (Å²) in [5.41, 5.74) is 3.54. The van der Waals surface area contributed by atoms with Crippen molar-refractivity contribution < 1.29 is 24.3 Å². The average molecular weight is 521 g/mol. The molecule has 4 aromatic carbocycles. The smallest absolute Gasteiger partial charge is 0.199 e. The Balaban J connectivity index is 1.32. The molecule has 0 saturated heterocycles. The molecular weight excluding hydrogens is 492 g/mol. The van der Waals surface area contributed by atoms with Gasteiger partial charge in [0.15, 0.2) is 11.5 Å². The fourth-order valence-corrected chi connectivity index (χ4v) is 4.28. The topological polar surface area (TPSA) is 105 Å². The second kappa shape index (κ2) is 11.7. The van der Waals surface area contributed by atoms with Crippen LogP contribution in [-0.4, -0.2) is 34.3 Å². The van der Waals surface area contributed by atoms with Gasteiger partial charge in [0.1, 0.15) is 29.5 Å². The summed E-state index contributed by atoms with van der Waals surface area (Å²) in [6.45, 7) is 3.26.